The predicted molar refractivity (Wildman–Crippen MR) is 80.8 cm³/mol. The molecular weight excluding hydrogens is 282 g/mol. The fraction of sp³-hybridized carbons (Fsp3) is 0.125. The molecule has 0 saturated heterocycles. The van der Waals surface area contributed by atoms with Gasteiger partial charge in [-0.1, -0.05) is 6.07 Å². The minimum absolute atomic E-state index is 0.00855. The molecule has 1 amide bonds. The number of carbonyl (C=O) groups excluding carboxylic acids is 1. The van der Waals surface area contributed by atoms with Gasteiger partial charge in [-0.15, -0.1) is 0 Å². The van der Waals surface area contributed by atoms with Crippen LogP contribution in [0.15, 0.2) is 36.4 Å². The molecule has 0 radical (unpaired) electrons. The minimum atomic E-state index is -0.120. The third kappa shape index (κ3) is 1.74. The van der Waals surface area contributed by atoms with Crippen molar-refractivity contribution in [3.8, 4) is 22.9 Å². The lowest BCUT2D eigenvalue weighted by Gasteiger charge is -2.09. The summed E-state index contributed by atoms with van der Waals surface area (Å²) in [6.07, 6.45) is 0. The van der Waals surface area contributed by atoms with Crippen molar-refractivity contribution in [3.05, 3.63) is 42.0 Å². The van der Waals surface area contributed by atoms with Crippen molar-refractivity contribution in [2.24, 2.45) is 0 Å². The van der Waals surface area contributed by atoms with Gasteiger partial charge in [-0.3, -0.25) is 4.79 Å². The van der Waals surface area contributed by atoms with E-state index in [9.17, 15) is 15.0 Å². The maximum Gasteiger partial charge on any atom is 0.253 e. The highest BCUT2D eigenvalue weighted by molar-refractivity contribution is 6.06. The van der Waals surface area contributed by atoms with E-state index in [2.05, 4.69) is 10.3 Å². The van der Waals surface area contributed by atoms with E-state index in [1.54, 1.807) is 18.2 Å². The van der Waals surface area contributed by atoms with Crippen molar-refractivity contribution in [2.45, 2.75) is 6.54 Å². The maximum absolute atomic E-state index is 12.1. The molecule has 22 heavy (non-hydrogen) atoms. The first-order chi connectivity index (χ1) is 10.6. The summed E-state index contributed by atoms with van der Waals surface area (Å²) in [5.74, 6) is 0.407. The van der Waals surface area contributed by atoms with Crippen LogP contribution in [0, 0.1) is 0 Å². The molecule has 3 aromatic rings. The van der Waals surface area contributed by atoms with Gasteiger partial charge in [0.05, 0.1) is 22.2 Å². The summed E-state index contributed by atoms with van der Waals surface area (Å²) in [7, 11) is 0. The summed E-state index contributed by atoms with van der Waals surface area (Å²) in [5.41, 5.74) is 2.57. The van der Waals surface area contributed by atoms with Crippen molar-refractivity contribution >= 4 is 16.9 Å². The summed E-state index contributed by atoms with van der Waals surface area (Å²) in [4.78, 5) is 16.7. The zero-order valence-corrected chi connectivity index (χ0v) is 11.6. The predicted octanol–water partition coefficient (Wildman–Crippen LogP) is 1.86. The molecule has 0 saturated carbocycles. The quantitative estimate of drug-likeness (QED) is 0.639. The lowest BCUT2D eigenvalue weighted by Crippen LogP contribution is -2.24. The average molecular weight is 295 g/mol. The maximum atomic E-state index is 12.1. The number of nitrogens with zero attached hydrogens (tertiary/aromatic N) is 2. The Balaban J connectivity index is 2.05. The fourth-order valence-corrected chi connectivity index (χ4v) is 2.88. The molecule has 110 valence electrons. The van der Waals surface area contributed by atoms with Gasteiger partial charge >= 0.3 is 0 Å². The number of hydrogen-bond acceptors (Lipinski definition) is 4. The molecule has 2 heterocycles. The van der Waals surface area contributed by atoms with E-state index in [0.29, 0.717) is 35.6 Å². The third-order valence-corrected chi connectivity index (χ3v) is 3.85. The summed E-state index contributed by atoms with van der Waals surface area (Å²) in [6.45, 7) is 1.06. The first kappa shape index (κ1) is 12.7. The Hall–Kier alpha value is -3.02. The van der Waals surface area contributed by atoms with Gasteiger partial charge in [0.1, 0.15) is 17.3 Å². The SMILES string of the molecule is O=C1NCCn2c(-c3ccc(O)cc3O)nc3cccc1c32. The molecule has 1 aliphatic heterocycles. The highest BCUT2D eigenvalue weighted by Crippen LogP contribution is 2.34. The van der Waals surface area contributed by atoms with E-state index in [4.69, 9.17) is 0 Å². The molecule has 0 fully saturated rings. The van der Waals surface area contributed by atoms with Crippen LogP contribution in [0.4, 0.5) is 0 Å². The molecule has 0 unspecified atom stereocenters. The molecule has 1 aromatic heterocycles. The number of nitrogens with one attached hydrogen (secondary N) is 1. The second-order valence-electron chi connectivity index (χ2n) is 5.22. The van der Waals surface area contributed by atoms with Gasteiger partial charge in [-0.25, -0.2) is 4.98 Å². The molecule has 0 aliphatic carbocycles. The zero-order chi connectivity index (χ0) is 15.3. The molecule has 6 heteroatoms. The number of aromatic hydroxyl groups is 2. The van der Waals surface area contributed by atoms with E-state index in [1.807, 2.05) is 10.6 Å². The Morgan fingerprint density at radius 1 is 1.14 bits per heavy atom. The average Bonchev–Trinajstić information content (AvgIpc) is 2.76. The number of benzene rings is 2. The van der Waals surface area contributed by atoms with Crippen LogP contribution >= 0.6 is 0 Å². The molecule has 6 nitrogen and oxygen atoms in total. The number of imidazole rings is 1. The van der Waals surface area contributed by atoms with Crippen LogP contribution in [-0.2, 0) is 6.54 Å². The van der Waals surface area contributed by atoms with Gasteiger partial charge in [0.25, 0.3) is 5.91 Å². The van der Waals surface area contributed by atoms with Gasteiger partial charge in [0.2, 0.25) is 0 Å². The van der Waals surface area contributed by atoms with Gasteiger partial charge in [-0.2, -0.15) is 0 Å². The van der Waals surface area contributed by atoms with Gasteiger partial charge in [0, 0.05) is 19.2 Å². The second kappa shape index (κ2) is 4.49. The number of amides is 1. The number of aromatic nitrogens is 2. The highest BCUT2D eigenvalue weighted by Gasteiger charge is 2.22. The third-order valence-electron chi connectivity index (χ3n) is 3.85. The lowest BCUT2D eigenvalue weighted by molar-refractivity contribution is 0.0956. The van der Waals surface area contributed by atoms with Crippen molar-refractivity contribution in [1.29, 1.82) is 0 Å². The molecule has 1 aliphatic rings. The molecule has 0 bridgehead atoms. The molecular formula is C16H13N3O3. The first-order valence-corrected chi connectivity index (χ1v) is 6.95. The van der Waals surface area contributed by atoms with Gasteiger partial charge < -0.3 is 20.1 Å². The zero-order valence-electron chi connectivity index (χ0n) is 11.6. The highest BCUT2D eigenvalue weighted by atomic mass is 16.3. The van der Waals surface area contributed by atoms with E-state index >= 15 is 0 Å². The normalized spacial score (nSPS) is 13.9. The van der Waals surface area contributed by atoms with Crippen LogP contribution in [0.2, 0.25) is 0 Å². The Bertz CT molecular complexity index is 914. The Labute approximate surface area is 125 Å². The Morgan fingerprint density at radius 2 is 2.00 bits per heavy atom. The Morgan fingerprint density at radius 3 is 2.82 bits per heavy atom. The fourth-order valence-electron chi connectivity index (χ4n) is 2.88. The molecule has 0 spiro atoms. The number of hydrogen-bond donors (Lipinski definition) is 3. The van der Waals surface area contributed by atoms with Crippen LogP contribution < -0.4 is 5.32 Å². The van der Waals surface area contributed by atoms with Crippen LogP contribution in [-0.4, -0.2) is 32.2 Å². The second-order valence-corrected chi connectivity index (χ2v) is 5.22. The largest absolute Gasteiger partial charge is 0.508 e. The van der Waals surface area contributed by atoms with Crippen molar-refractivity contribution in [3.63, 3.8) is 0 Å². The van der Waals surface area contributed by atoms with E-state index in [-0.39, 0.29) is 17.4 Å². The monoisotopic (exact) mass is 295 g/mol. The summed E-state index contributed by atoms with van der Waals surface area (Å²) in [6, 6.07) is 9.80. The van der Waals surface area contributed by atoms with Crippen LogP contribution in [0.5, 0.6) is 11.5 Å². The van der Waals surface area contributed by atoms with E-state index in [1.165, 1.54) is 12.1 Å². The van der Waals surface area contributed by atoms with E-state index in [0.717, 1.165) is 5.52 Å². The summed E-state index contributed by atoms with van der Waals surface area (Å²) >= 11 is 0. The Kier molecular flexibility index (Phi) is 2.59. The molecule has 2 aromatic carbocycles. The molecule has 3 N–H and O–H groups in total. The van der Waals surface area contributed by atoms with Crippen LogP contribution in [0.25, 0.3) is 22.4 Å². The molecule has 4 rings (SSSR count). The smallest absolute Gasteiger partial charge is 0.253 e. The number of rotatable bonds is 1. The van der Waals surface area contributed by atoms with Gasteiger partial charge in [-0.05, 0) is 24.3 Å². The minimum Gasteiger partial charge on any atom is -0.508 e. The number of phenols is 2. The standard InChI is InChI=1S/C16H13N3O3/c20-9-4-5-10(13(21)8-9)15-18-12-3-1-2-11-14(12)19(15)7-6-17-16(11)22/h1-5,8,20-21H,6-7H2,(H,17,22). The topological polar surface area (TPSA) is 87.4 Å². The van der Waals surface area contributed by atoms with Crippen molar-refractivity contribution in [2.75, 3.05) is 6.54 Å². The first-order valence-electron chi connectivity index (χ1n) is 6.95. The molecule has 0 atom stereocenters. The van der Waals surface area contributed by atoms with Gasteiger partial charge in [0.15, 0.2) is 0 Å². The lowest BCUT2D eigenvalue weighted by atomic mass is 10.1. The summed E-state index contributed by atoms with van der Waals surface area (Å²) in [5, 5.41) is 22.4. The number of phenolic OH excluding ortho intramolecular Hbond substituents is 2. The number of carbonyl (C=O) groups is 1. The van der Waals surface area contributed by atoms with E-state index < -0.39 is 0 Å². The van der Waals surface area contributed by atoms with Crippen molar-refractivity contribution in [1.82, 2.24) is 14.9 Å². The number of para-hydroxylation sites is 1. The van der Waals surface area contributed by atoms with Crippen molar-refractivity contribution < 1.29 is 15.0 Å². The van der Waals surface area contributed by atoms with Crippen LogP contribution in [0.1, 0.15) is 10.4 Å². The van der Waals surface area contributed by atoms with Crippen LogP contribution in [0.3, 0.4) is 0 Å². The summed E-state index contributed by atoms with van der Waals surface area (Å²) < 4.78 is 1.93.